The van der Waals surface area contributed by atoms with Crippen molar-refractivity contribution in [3.8, 4) is 56.0 Å². The second kappa shape index (κ2) is 17.1. The van der Waals surface area contributed by atoms with Gasteiger partial charge in [-0.3, -0.25) is 0 Å². The highest BCUT2D eigenvalue weighted by molar-refractivity contribution is 6.14. The summed E-state index contributed by atoms with van der Waals surface area (Å²) >= 11 is 0. The van der Waals surface area contributed by atoms with Crippen LogP contribution in [0, 0.1) is 0 Å². The zero-order valence-electron chi connectivity index (χ0n) is 35.8. The summed E-state index contributed by atoms with van der Waals surface area (Å²) in [4.78, 5) is 0. The first-order chi connectivity index (χ1) is 31.6. The molecule has 1 saturated carbocycles. The summed E-state index contributed by atoms with van der Waals surface area (Å²) in [6.45, 7) is 1.04. The molecule has 1 aliphatic rings. The van der Waals surface area contributed by atoms with Crippen molar-refractivity contribution in [3.05, 3.63) is 205 Å². The number of phenolic OH excluding ortho intramolecular Hbond substituents is 2. The molecule has 0 aromatic heterocycles. The Labute approximate surface area is 374 Å². The van der Waals surface area contributed by atoms with Crippen molar-refractivity contribution < 1.29 is 10.2 Å². The summed E-state index contributed by atoms with van der Waals surface area (Å²) in [5.41, 5.74) is 10.0. The van der Waals surface area contributed by atoms with E-state index >= 15 is 0 Å². The van der Waals surface area contributed by atoms with E-state index in [2.05, 4.69) is 193 Å². The smallest absolute Gasteiger partial charge is 0.128 e. The van der Waals surface area contributed by atoms with Crippen molar-refractivity contribution in [2.45, 2.75) is 50.9 Å². The van der Waals surface area contributed by atoms with Gasteiger partial charge in [-0.15, -0.1) is 0 Å². The summed E-state index contributed by atoms with van der Waals surface area (Å²) in [6, 6.07) is 68.3. The molecule has 0 unspecified atom stereocenters. The highest BCUT2D eigenvalue weighted by atomic mass is 16.3. The van der Waals surface area contributed by atoms with Crippen LogP contribution in [0.4, 0.5) is 0 Å². The van der Waals surface area contributed by atoms with Crippen LogP contribution in [0.1, 0.15) is 36.8 Å². The molecule has 0 aliphatic heterocycles. The Hall–Kier alpha value is -7.24. The topological polar surface area (TPSA) is 64.5 Å². The van der Waals surface area contributed by atoms with Crippen molar-refractivity contribution in [2.75, 3.05) is 0 Å². The van der Waals surface area contributed by atoms with Gasteiger partial charge in [-0.25, -0.2) is 0 Å². The molecule has 10 aromatic carbocycles. The fraction of sp³-hybridized carbons (Fsp3) is 0.133. The van der Waals surface area contributed by atoms with Crippen molar-refractivity contribution in [2.24, 2.45) is 0 Å². The molecular weight excluding hydrogens is 781 g/mol. The highest BCUT2D eigenvalue weighted by Gasteiger charge is 2.27. The van der Waals surface area contributed by atoms with Gasteiger partial charge in [-0.1, -0.05) is 195 Å². The van der Waals surface area contributed by atoms with E-state index in [1.165, 1.54) is 0 Å². The van der Waals surface area contributed by atoms with Crippen LogP contribution >= 0.6 is 0 Å². The van der Waals surface area contributed by atoms with Gasteiger partial charge in [0.2, 0.25) is 0 Å². The Morgan fingerprint density at radius 2 is 0.703 bits per heavy atom. The summed E-state index contributed by atoms with van der Waals surface area (Å²) < 4.78 is 0. The Bertz CT molecular complexity index is 3100. The third kappa shape index (κ3) is 7.25. The molecule has 0 bridgehead atoms. The van der Waals surface area contributed by atoms with Gasteiger partial charge in [0, 0.05) is 58.6 Å². The van der Waals surface area contributed by atoms with Gasteiger partial charge in [0.1, 0.15) is 11.5 Å². The second-order valence-corrected chi connectivity index (χ2v) is 17.4. The van der Waals surface area contributed by atoms with Gasteiger partial charge in [0.15, 0.2) is 0 Å². The standard InChI is InChI=1S/C60H50N2O2/c63-59-45(35-43-23-9-13-27-49(43)57(59)55-47-25-11-7-21-41(47)31-33-51(55)39-17-3-1-4-18-39)37-61-53-29-15-16-30-54(53)62-38-46-36-44-24-10-14-28-50(44)58(60(46)64)56-48-26-12-8-22-42(48)32-34-52(56)40-19-5-2-6-20-40/h1-14,17-28,31-36,53-54,61-64H,15-16,29-30,37-38H2/t53-,54-/m1/s1. The molecular formula is C60H50N2O2. The number of phenols is 2. The summed E-state index contributed by atoms with van der Waals surface area (Å²) in [5, 5.41) is 41.7. The maximum Gasteiger partial charge on any atom is 0.128 e. The Morgan fingerprint density at radius 1 is 0.359 bits per heavy atom. The predicted molar refractivity (Wildman–Crippen MR) is 268 cm³/mol. The second-order valence-electron chi connectivity index (χ2n) is 17.4. The zero-order chi connectivity index (χ0) is 43.0. The lowest BCUT2D eigenvalue weighted by atomic mass is 9.85. The molecule has 11 rings (SSSR count). The van der Waals surface area contributed by atoms with Gasteiger partial charge in [0.05, 0.1) is 0 Å². The number of fused-ring (bicyclic) bond motifs is 4. The number of hydrogen-bond donors (Lipinski definition) is 4. The van der Waals surface area contributed by atoms with Gasteiger partial charge >= 0.3 is 0 Å². The summed E-state index contributed by atoms with van der Waals surface area (Å²) in [7, 11) is 0. The molecule has 312 valence electrons. The maximum atomic E-state index is 12.5. The van der Waals surface area contributed by atoms with Crippen LogP contribution in [-0.2, 0) is 13.1 Å². The van der Waals surface area contributed by atoms with Gasteiger partial charge in [-0.05, 0) is 90.3 Å². The van der Waals surface area contributed by atoms with E-state index in [0.717, 1.165) is 124 Å². The third-order valence-electron chi connectivity index (χ3n) is 13.6. The van der Waals surface area contributed by atoms with E-state index in [4.69, 9.17) is 0 Å². The van der Waals surface area contributed by atoms with Crippen LogP contribution in [0.15, 0.2) is 194 Å². The van der Waals surface area contributed by atoms with E-state index in [1.807, 2.05) is 12.1 Å². The molecule has 0 amide bonds. The maximum absolute atomic E-state index is 12.5. The molecule has 0 heterocycles. The first kappa shape index (κ1) is 39.6. The fourth-order valence-electron chi connectivity index (χ4n) is 10.5. The van der Waals surface area contributed by atoms with Crippen molar-refractivity contribution in [3.63, 3.8) is 0 Å². The average molecular weight is 831 g/mol. The minimum atomic E-state index is 0.172. The van der Waals surface area contributed by atoms with E-state index in [-0.39, 0.29) is 12.1 Å². The van der Waals surface area contributed by atoms with Crippen LogP contribution < -0.4 is 10.6 Å². The molecule has 1 fully saturated rings. The zero-order valence-corrected chi connectivity index (χ0v) is 35.8. The normalized spacial score (nSPS) is 15.3. The number of hydrogen-bond acceptors (Lipinski definition) is 4. The van der Waals surface area contributed by atoms with Gasteiger partial charge < -0.3 is 20.8 Å². The number of rotatable bonds is 10. The van der Waals surface area contributed by atoms with Crippen LogP contribution in [0.3, 0.4) is 0 Å². The number of benzene rings is 10. The predicted octanol–water partition coefficient (Wildman–Crippen LogP) is 14.6. The first-order valence-corrected chi connectivity index (χ1v) is 22.7. The largest absolute Gasteiger partial charge is 0.507 e. The lowest BCUT2D eigenvalue weighted by Gasteiger charge is -2.33. The third-order valence-corrected chi connectivity index (χ3v) is 13.6. The number of nitrogens with one attached hydrogen (secondary N) is 2. The van der Waals surface area contributed by atoms with Gasteiger partial charge in [-0.2, -0.15) is 0 Å². The molecule has 1 aliphatic carbocycles. The highest BCUT2D eigenvalue weighted by Crippen LogP contribution is 2.48. The molecule has 0 saturated heterocycles. The van der Waals surface area contributed by atoms with Crippen LogP contribution in [0.2, 0.25) is 0 Å². The molecule has 4 heteroatoms. The van der Waals surface area contributed by atoms with Crippen LogP contribution in [0.25, 0.3) is 87.6 Å². The molecule has 0 spiro atoms. The van der Waals surface area contributed by atoms with E-state index in [1.54, 1.807) is 0 Å². The minimum Gasteiger partial charge on any atom is -0.507 e. The molecule has 10 aromatic rings. The molecule has 4 N–H and O–H groups in total. The van der Waals surface area contributed by atoms with E-state index in [0.29, 0.717) is 24.6 Å². The summed E-state index contributed by atoms with van der Waals surface area (Å²) in [5.74, 6) is 0.633. The minimum absolute atomic E-state index is 0.172. The van der Waals surface area contributed by atoms with Crippen LogP contribution in [0.5, 0.6) is 11.5 Å². The summed E-state index contributed by atoms with van der Waals surface area (Å²) in [6.07, 6.45) is 4.31. The SMILES string of the molecule is Oc1c(CN[C@@H]2CCCC[C@H]2NCc2cc3ccccc3c(-c3c(-c4ccccc4)ccc4ccccc34)c2O)cc2ccccc2c1-c1c(-c2ccccc2)ccc2ccccc12. The Balaban J connectivity index is 0.938. The Morgan fingerprint density at radius 3 is 1.11 bits per heavy atom. The van der Waals surface area contributed by atoms with E-state index < -0.39 is 0 Å². The lowest BCUT2D eigenvalue weighted by molar-refractivity contribution is 0.279. The average Bonchev–Trinajstić information content (AvgIpc) is 3.35. The molecule has 2 atom stereocenters. The first-order valence-electron chi connectivity index (χ1n) is 22.7. The van der Waals surface area contributed by atoms with Crippen molar-refractivity contribution in [1.29, 1.82) is 0 Å². The van der Waals surface area contributed by atoms with Crippen LogP contribution in [-0.4, -0.2) is 22.3 Å². The van der Waals surface area contributed by atoms with E-state index in [9.17, 15) is 10.2 Å². The molecule has 0 radical (unpaired) electrons. The Kier molecular flexibility index (Phi) is 10.6. The van der Waals surface area contributed by atoms with Crippen molar-refractivity contribution >= 4 is 43.1 Å². The molecule has 4 nitrogen and oxygen atoms in total. The van der Waals surface area contributed by atoms with Crippen molar-refractivity contribution in [1.82, 2.24) is 10.6 Å². The quantitative estimate of drug-likeness (QED) is 0.111. The van der Waals surface area contributed by atoms with Gasteiger partial charge in [0.25, 0.3) is 0 Å². The fourth-order valence-corrected chi connectivity index (χ4v) is 10.5. The monoisotopic (exact) mass is 830 g/mol. The molecule has 64 heavy (non-hydrogen) atoms. The number of aromatic hydroxyl groups is 2. The lowest BCUT2D eigenvalue weighted by Crippen LogP contribution is -2.49.